The second kappa shape index (κ2) is 12.0. The van der Waals surface area contributed by atoms with Gasteiger partial charge in [0.05, 0.1) is 25.0 Å². The molecule has 0 saturated heterocycles. The van der Waals surface area contributed by atoms with Gasteiger partial charge in [0.1, 0.15) is 11.5 Å². The lowest BCUT2D eigenvalue weighted by atomic mass is 9.91. The molecular formula is C32H33NO5. The van der Waals surface area contributed by atoms with Crippen molar-refractivity contribution in [1.82, 2.24) is 5.16 Å². The van der Waals surface area contributed by atoms with Crippen LogP contribution in [0.5, 0.6) is 11.5 Å². The molecule has 4 aromatic rings. The van der Waals surface area contributed by atoms with E-state index in [1.54, 1.807) is 6.20 Å². The molecule has 6 heteroatoms. The molecule has 38 heavy (non-hydrogen) atoms. The summed E-state index contributed by atoms with van der Waals surface area (Å²) in [4.78, 5) is 10.9. The zero-order valence-electron chi connectivity index (χ0n) is 21.7. The fraction of sp³-hybridized carbons (Fsp3) is 0.312. The predicted octanol–water partition coefficient (Wildman–Crippen LogP) is 7.65. The predicted molar refractivity (Wildman–Crippen MR) is 147 cm³/mol. The van der Waals surface area contributed by atoms with Crippen LogP contribution >= 0.6 is 0 Å². The van der Waals surface area contributed by atoms with Gasteiger partial charge in [-0.1, -0.05) is 53.5 Å². The summed E-state index contributed by atoms with van der Waals surface area (Å²) in [5.74, 6) is 1.92. The molecule has 0 aliphatic heterocycles. The smallest absolute Gasteiger partial charge is 0.303 e. The van der Waals surface area contributed by atoms with Crippen LogP contribution < -0.4 is 9.47 Å². The van der Waals surface area contributed by atoms with Gasteiger partial charge in [-0.25, -0.2) is 0 Å². The third-order valence-electron chi connectivity index (χ3n) is 7.06. The number of aromatic nitrogens is 1. The highest BCUT2D eigenvalue weighted by Crippen LogP contribution is 2.48. The van der Waals surface area contributed by atoms with Gasteiger partial charge in [-0.3, -0.25) is 4.79 Å². The molecule has 3 aromatic carbocycles. The van der Waals surface area contributed by atoms with E-state index >= 15 is 0 Å². The fourth-order valence-electron chi connectivity index (χ4n) is 5.21. The molecule has 5 rings (SSSR count). The standard InChI is InChI=1S/C32H33NO5/c1-22-12-15-30(29(20-22)31-16-17-33-38-31)37-19-7-6-18-36-23-13-14-27-25-9-3-2-8-24(25)26(28(27)21-23)10-4-5-11-32(34)35/h2-3,8-9,12-17,20-21,26H,4-7,10-11,18-19H2,1H3,(H,34,35). The highest BCUT2D eigenvalue weighted by atomic mass is 16.5. The first-order valence-corrected chi connectivity index (χ1v) is 13.3. The van der Waals surface area contributed by atoms with Crippen molar-refractivity contribution >= 4 is 5.97 Å². The number of carboxylic acid groups (broad SMARTS) is 1. The molecule has 0 spiro atoms. The zero-order valence-corrected chi connectivity index (χ0v) is 21.7. The van der Waals surface area contributed by atoms with Gasteiger partial charge >= 0.3 is 5.97 Å². The third-order valence-corrected chi connectivity index (χ3v) is 7.06. The zero-order chi connectivity index (χ0) is 26.3. The fourth-order valence-corrected chi connectivity index (χ4v) is 5.21. The van der Waals surface area contributed by atoms with Crippen molar-refractivity contribution in [2.45, 2.75) is 51.4 Å². The Morgan fingerprint density at radius 1 is 0.868 bits per heavy atom. The molecule has 1 unspecified atom stereocenters. The van der Waals surface area contributed by atoms with E-state index in [0.29, 0.717) is 25.4 Å². The lowest BCUT2D eigenvalue weighted by molar-refractivity contribution is -0.137. The number of carboxylic acids is 1. The van der Waals surface area contributed by atoms with Crippen molar-refractivity contribution in [3.63, 3.8) is 0 Å². The number of carbonyl (C=O) groups is 1. The van der Waals surface area contributed by atoms with Crippen LogP contribution in [0.3, 0.4) is 0 Å². The van der Waals surface area contributed by atoms with Gasteiger partial charge in [-0.2, -0.15) is 0 Å². The molecule has 0 bridgehead atoms. The highest BCUT2D eigenvalue weighted by molar-refractivity contribution is 5.79. The van der Waals surface area contributed by atoms with Crippen molar-refractivity contribution in [2.24, 2.45) is 0 Å². The minimum absolute atomic E-state index is 0.222. The van der Waals surface area contributed by atoms with Crippen LogP contribution in [0.25, 0.3) is 22.5 Å². The Morgan fingerprint density at radius 2 is 1.68 bits per heavy atom. The van der Waals surface area contributed by atoms with Crippen LogP contribution in [0, 0.1) is 6.92 Å². The van der Waals surface area contributed by atoms with Gasteiger partial charge in [-0.15, -0.1) is 0 Å². The molecule has 196 valence electrons. The Kier molecular flexibility index (Phi) is 8.07. The van der Waals surface area contributed by atoms with Crippen molar-refractivity contribution in [3.8, 4) is 33.9 Å². The maximum atomic E-state index is 10.9. The van der Waals surface area contributed by atoms with Crippen LogP contribution in [0.1, 0.15) is 61.1 Å². The number of aryl methyl sites for hydroxylation is 1. The van der Waals surface area contributed by atoms with Gasteiger partial charge in [-0.05, 0) is 79.1 Å². The third kappa shape index (κ3) is 5.91. The summed E-state index contributed by atoms with van der Waals surface area (Å²) in [5, 5.41) is 12.8. The summed E-state index contributed by atoms with van der Waals surface area (Å²) in [6, 6.07) is 22.8. The normalized spacial score (nSPS) is 13.7. The Morgan fingerprint density at radius 3 is 2.50 bits per heavy atom. The van der Waals surface area contributed by atoms with E-state index in [2.05, 4.69) is 47.6 Å². The van der Waals surface area contributed by atoms with Crippen LogP contribution in [0.2, 0.25) is 0 Å². The molecule has 1 aromatic heterocycles. The number of hydrogen-bond donors (Lipinski definition) is 1. The summed E-state index contributed by atoms with van der Waals surface area (Å²) < 4.78 is 17.5. The van der Waals surface area contributed by atoms with Crippen LogP contribution in [-0.4, -0.2) is 29.4 Å². The summed E-state index contributed by atoms with van der Waals surface area (Å²) in [6.07, 6.45) is 6.12. The quantitative estimate of drug-likeness (QED) is 0.186. The minimum Gasteiger partial charge on any atom is -0.494 e. The average molecular weight is 512 g/mol. The van der Waals surface area contributed by atoms with E-state index in [4.69, 9.17) is 19.1 Å². The molecule has 0 fully saturated rings. The average Bonchev–Trinajstić information content (AvgIpc) is 3.56. The molecule has 6 nitrogen and oxygen atoms in total. The Bertz CT molecular complexity index is 1380. The molecule has 1 atom stereocenters. The first-order valence-electron chi connectivity index (χ1n) is 13.3. The largest absolute Gasteiger partial charge is 0.494 e. The first-order chi connectivity index (χ1) is 18.6. The molecule has 0 radical (unpaired) electrons. The van der Waals surface area contributed by atoms with Crippen molar-refractivity contribution < 1.29 is 23.9 Å². The second-order valence-electron chi connectivity index (χ2n) is 9.81. The Hall–Kier alpha value is -4.06. The van der Waals surface area contributed by atoms with Crippen molar-refractivity contribution in [1.29, 1.82) is 0 Å². The SMILES string of the molecule is Cc1ccc(OCCCCOc2ccc3c(c2)C(CCCCC(=O)O)c2ccccc2-3)c(-c2ccno2)c1. The monoisotopic (exact) mass is 511 g/mol. The summed E-state index contributed by atoms with van der Waals surface area (Å²) in [5.41, 5.74) is 7.18. The van der Waals surface area contributed by atoms with Crippen LogP contribution in [0.4, 0.5) is 0 Å². The van der Waals surface area contributed by atoms with E-state index in [0.717, 1.165) is 48.3 Å². The molecule has 0 saturated carbocycles. The summed E-state index contributed by atoms with van der Waals surface area (Å²) in [6.45, 7) is 3.24. The van der Waals surface area contributed by atoms with Crippen LogP contribution in [-0.2, 0) is 4.79 Å². The molecule has 1 aliphatic rings. The summed E-state index contributed by atoms with van der Waals surface area (Å²) in [7, 11) is 0. The Balaban J connectivity index is 1.14. The van der Waals surface area contributed by atoms with E-state index in [1.165, 1.54) is 22.3 Å². The maximum absolute atomic E-state index is 10.9. The van der Waals surface area contributed by atoms with Gasteiger partial charge in [0.25, 0.3) is 0 Å². The molecule has 1 aliphatic carbocycles. The number of unbranched alkanes of at least 4 members (excludes halogenated alkanes) is 2. The van der Waals surface area contributed by atoms with E-state index in [-0.39, 0.29) is 12.3 Å². The maximum Gasteiger partial charge on any atom is 0.303 e. The van der Waals surface area contributed by atoms with E-state index in [9.17, 15) is 4.79 Å². The minimum atomic E-state index is -0.729. The van der Waals surface area contributed by atoms with Crippen molar-refractivity contribution in [2.75, 3.05) is 13.2 Å². The first kappa shape index (κ1) is 25.6. The molecule has 1 heterocycles. The van der Waals surface area contributed by atoms with E-state index in [1.807, 2.05) is 31.2 Å². The summed E-state index contributed by atoms with van der Waals surface area (Å²) >= 11 is 0. The molecule has 0 amide bonds. The van der Waals surface area contributed by atoms with Gasteiger partial charge in [0.2, 0.25) is 0 Å². The van der Waals surface area contributed by atoms with E-state index < -0.39 is 5.97 Å². The number of rotatable bonds is 13. The second-order valence-corrected chi connectivity index (χ2v) is 9.81. The molecular weight excluding hydrogens is 478 g/mol. The number of hydrogen-bond acceptors (Lipinski definition) is 5. The lowest BCUT2D eigenvalue weighted by Crippen LogP contribution is -2.04. The highest BCUT2D eigenvalue weighted by Gasteiger charge is 2.28. The number of benzene rings is 3. The van der Waals surface area contributed by atoms with Gasteiger partial charge in [0.15, 0.2) is 5.76 Å². The Labute approximate surface area is 223 Å². The lowest BCUT2D eigenvalue weighted by Gasteiger charge is -2.15. The number of nitrogens with zero attached hydrogens (tertiary/aromatic N) is 1. The number of ether oxygens (including phenoxy) is 2. The van der Waals surface area contributed by atoms with Gasteiger partial charge < -0.3 is 19.1 Å². The van der Waals surface area contributed by atoms with Gasteiger partial charge in [0, 0.05) is 18.4 Å². The van der Waals surface area contributed by atoms with Crippen LogP contribution in [0.15, 0.2) is 77.4 Å². The number of aliphatic carboxylic acids is 1. The van der Waals surface area contributed by atoms with Crippen molar-refractivity contribution in [3.05, 3.63) is 89.6 Å². The number of fused-ring (bicyclic) bond motifs is 3. The molecule has 1 N–H and O–H groups in total. The topological polar surface area (TPSA) is 81.8 Å².